The molecule has 0 saturated heterocycles. The second-order valence-electron chi connectivity index (χ2n) is 4.90. The maximum Gasteiger partial charge on any atom is 0.272 e. The maximum atomic E-state index is 11.9. The lowest BCUT2D eigenvalue weighted by Crippen LogP contribution is -2.18. The Labute approximate surface area is 114 Å². The Bertz CT molecular complexity index is 832. The van der Waals surface area contributed by atoms with Crippen LogP contribution in [0.4, 0.5) is 0 Å². The van der Waals surface area contributed by atoms with Gasteiger partial charge in [0.1, 0.15) is 0 Å². The van der Waals surface area contributed by atoms with Gasteiger partial charge < -0.3 is 4.57 Å². The summed E-state index contributed by atoms with van der Waals surface area (Å²) in [4.78, 5) is 23.9. The first-order chi connectivity index (χ1) is 9.59. The van der Waals surface area contributed by atoms with Crippen LogP contribution >= 0.6 is 0 Å². The summed E-state index contributed by atoms with van der Waals surface area (Å²) in [5.74, 6) is 0. The van der Waals surface area contributed by atoms with Crippen molar-refractivity contribution in [2.24, 2.45) is 0 Å². The Morgan fingerprint density at radius 3 is 1.90 bits per heavy atom. The quantitative estimate of drug-likeness (QED) is 0.743. The lowest BCUT2D eigenvalue weighted by Gasteiger charge is -2.08. The number of nitrogens with zero attached hydrogens (tertiary/aromatic N) is 1. The second-order valence-corrected chi connectivity index (χ2v) is 4.90. The summed E-state index contributed by atoms with van der Waals surface area (Å²) in [6.07, 6.45) is 0. The average molecular weight is 269 g/mol. The van der Waals surface area contributed by atoms with E-state index in [-0.39, 0.29) is 11.1 Å². The number of benzene rings is 1. The molecule has 5 nitrogen and oxygen atoms in total. The average Bonchev–Trinajstić information content (AvgIpc) is 2.70. The summed E-state index contributed by atoms with van der Waals surface area (Å²) in [6, 6.07) is 9.96. The summed E-state index contributed by atoms with van der Waals surface area (Å²) < 4.78 is 2.00. The van der Waals surface area contributed by atoms with Crippen LogP contribution in [-0.4, -0.2) is 14.8 Å². The number of hydrogen-bond acceptors (Lipinski definition) is 2. The van der Waals surface area contributed by atoms with Crippen LogP contribution in [0.5, 0.6) is 0 Å². The molecular formula is C15H15N3O2. The molecule has 2 N–H and O–H groups in total. The first-order valence-corrected chi connectivity index (χ1v) is 6.44. The van der Waals surface area contributed by atoms with Crippen molar-refractivity contribution in [2.75, 3.05) is 0 Å². The van der Waals surface area contributed by atoms with Gasteiger partial charge in [-0.2, -0.15) is 0 Å². The van der Waals surface area contributed by atoms with Gasteiger partial charge in [0.2, 0.25) is 0 Å². The van der Waals surface area contributed by atoms with Crippen LogP contribution in [0.2, 0.25) is 0 Å². The molecule has 102 valence electrons. The highest BCUT2D eigenvalue weighted by molar-refractivity contribution is 5.86. The minimum atomic E-state index is -0.257. The normalized spacial score (nSPS) is 11.1. The van der Waals surface area contributed by atoms with Crippen molar-refractivity contribution in [2.45, 2.75) is 20.4 Å². The molecule has 2 heterocycles. The number of rotatable bonds is 2. The molecule has 0 unspecified atom stereocenters. The lowest BCUT2D eigenvalue weighted by molar-refractivity contribution is 0.754. The molecule has 0 aliphatic carbocycles. The molecule has 5 heteroatoms. The van der Waals surface area contributed by atoms with Gasteiger partial charge >= 0.3 is 0 Å². The summed E-state index contributed by atoms with van der Waals surface area (Å²) in [6.45, 7) is 4.38. The summed E-state index contributed by atoms with van der Waals surface area (Å²) in [5.41, 5.74) is 2.24. The highest BCUT2D eigenvalue weighted by Gasteiger charge is 2.16. The number of H-pyrrole nitrogens is 2. The molecule has 3 rings (SSSR count). The van der Waals surface area contributed by atoms with Crippen LogP contribution in [0, 0.1) is 13.8 Å². The molecular weight excluding hydrogens is 254 g/mol. The molecule has 2 aromatic heterocycles. The number of aryl methyl sites for hydroxylation is 2. The van der Waals surface area contributed by atoms with Crippen LogP contribution < -0.4 is 11.1 Å². The molecule has 0 amide bonds. The molecule has 0 aliphatic heterocycles. The highest BCUT2D eigenvalue weighted by atomic mass is 16.1. The maximum absolute atomic E-state index is 11.9. The molecule has 0 spiro atoms. The van der Waals surface area contributed by atoms with Crippen LogP contribution in [-0.2, 0) is 6.54 Å². The minimum absolute atomic E-state index is 0.257. The molecule has 0 radical (unpaired) electrons. The van der Waals surface area contributed by atoms with Crippen molar-refractivity contribution in [3.63, 3.8) is 0 Å². The van der Waals surface area contributed by atoms with Crippen LogP contribution in [0.1, 0.15) is 17.0 Å². The van der Waals surface area contributed by atoms with Gasteiger partial charge in [0.25, 0.3) is 11.1 Å². The van der Waals surface area contributed by atoms with E-state index in [4.69, 9.17) is 0 Å². The monoisotopic (exact) mass is 269 g/mol. The summed E-state index contributed by atoms with van der Waals surface area (Å²) in [7, 11) is 0. The Morgan fingerprint density at radius 1 is 0.900 bits per heavy atom. The van der Waals surface area contributed by atoms with Gasteiger partial charge in [-0.1, -0.05) is 30.3 Å². The van der Waals surface area contributed by atoms with Crippen LogP contribution in [0.15, 0.2) is 39.9 Å². The van der Waals surface area contributed by atoms with Gasteiger partial charge in [0, 0.05) is 17.9 Å². The highest BCUT2D eigenvalue weighted by Crippen LogP contribution is 2.20. The van der Waals surface area contributed by atoms with E-state index in [1.807, 2.05) is 48.7 Å². The zero-order valence-corrected chi connectivity index (χ0v) is 11.4. The predicted molar refractivity (Wildman–Crippen MR) is 78.2 cm³/mol. The number of fused-ring (bicyclic) bond motifs is 1. The molecule has 0 fully saturated rings. The fraction of sp³-hybridized carbons (Fsp3) is 0.200. The molecule has 0 aliphatic rings. The van der Waals surface area contributed by atoms with Crippen molar-refractivity contribution < 1.29 is 0 Å². The first kappa shape index (κ1) is 12.5. The second kappa shape index (κ2) is 4.52. The van der Waals surface area contributed by atoms with Crippen molar-refractivity contribution in [1.29, 1.82) is 0 Å². The fourth-order valence-electron chi connectivity index (χ4n) is 2.68. The molecule has 0 bridgehead atoms. The Morgan fingerprint density at radius 2 is 1.40 bits per heavy atom. The van der Waals surface area contributed by atoms with Crippen LogP contribution in [0.25, 0.3) is 10.8 Å². The van der Waals surface area contributed by atoms with Gasteiger partial charge in [-0.25, -0.2) is 0 Å². The van der Waals surface area contributed by atoms with Crippen molar-refractivity contribution in [1.82, 2.24) is 14.8 Å². The standard InChI is InChI=1S/C15H15N3O2/c1-9-12-13(15(20)17-16-14(12)19)10(2)18(9)8-11-6-4-3-5-7-11/h3-7H,8H2,1-2H3,(H,16,19)(H,17,20). The first-order valence-electron chi connectivity index (χ1n) is 6.44. The largest absolute Gasteiger partial charge is 0.343 e. The Balaban J connectivity index is 2.28. The van der Waals surface area contributed by atoms with Gasteiger partial charge in [0.05, 0.1) is 10.8 Å². The van der Waals surface area contributed by atoms with Crippen molar-refractivity contribution in [3.8, 4) is 0 Å². The molecule has 0 atom stereocenters. The third-order valence-electron chi connectivity index (χ3n) is 3.71. The number of hydrogen-bond donors (Lipinski definition) is 2. The zero-order valence-electron chi connectivity index (χ0n) is 11.4. The number of aromatic amines is 2. The predicted octanol–water partition coefficient (Wildman–Crippen LogP) is 1.68. The molecule has 1 aromatic carbocycles. The van der Waals surface area contributed by atoms with Gasteiger partial charge in [0.15, 0.2) is 0 Å². The van der Waals surface area contributed by atoms with E-state index in [1.165, 1.54) is 0 Å². The molecule has 3 aromatic rings. The minimum Gasteiger partial charge on any atom is -0.343 e. The van der Waals surface area contributed by atoms with Gasteiger partial charge in [-0.15, -0.1) is 0 Å². The van der Waals surface area contributed by atoms with E-state index in [2.05, 4.69) is 10.2 Å². The van der Waals surface area contributed by atoms with E-state index in [1.54, 1.807) is 0 Å². The topological polar surface area (TPSA) is 70.7 Å². The smallest absolute Gasteiger partial charge is 0.272 e. The summed E-state index contributed by atoms with van der Waals surface area (Å²) >= 11 is 0. The lowest BCUT2D eigenvalue weighted by atomic mass is 10.2. The Hall–Kier alpha value is -2.56. The van der Waals surface area contributed by atoms with Gasteiger partial charge in [-0.05, 0) is 19.4 Å². The van der Waals surface area contributed by atoms with Crippen LogP contribution in [0.3, 0.4) is 0 Å². The van der Waals surface area contributed by atoms with Crippen molar-refractivity contribution >= 4 is 10.8 Å². The SMILES string of the molecule is Cc1c2c(=O)[nH][nH]c(=O)c2c(C)n1Cc1ccccc1. The third kappa shape index (κ3) is 1.79. The number of aromatic nitrogens is 3. The Kier molecular flexibility index (Phi) is 2.82. The van der Waals surface area contributed by atoms with E-state index in [0.717, 1.165) is 17.0 Å². The summed E-state index contributed by atoms with van der Waals surface area (Å²) in [5, 5.41) is 5.71. The fourth-order valence-corrected chi connectivity index (χ4v) is 2.68. The van der Waals surface area contributed by atoms with E-state index in [0.29, 0.717) is 17.3 Å². The van der Waals surface area contributed by atoms with E-state index in [9.17, 15) is 9.59 Å². The van der Waals surface area contributed by atoms with Gasteiger partial charge in [-0.3, -0.25) is 19.8 Å². The van der Waals surface area contributed by atoms with Crippen molar-refractivity contribution in [3.05, 3.63) is 68.0 Å². The molecule has 20 heavy (non-hydrogen) atoms. The van der Waals surface area contributed by atoms with E-state index >= 15 is 0 Å². The van der Waals surface area contributed by atoms with E-state index < -0.39 is 0 Å². The molecule has 0 saturated carbocycles. The number of nitrogens with one attached hydrogen (secondary N) is 2. The zero-order chi connectivity index (χ0) is 14.3. The third-order valence-corrected chi connectivity index (χ3v) is 3.71.